The Labute approximate surface area is 149 Å². The largest absolute Gasteiger partial charge is 0.361 e. The van der Waals surface area contributed by atoms with Crippen LogP contribution in [0.2, 0.25) is 0 Å². The summed E-state index contributed by atoms with van der Waals surface area (Å²) in [6.45, 7) is 4.81. The van der Waals surface area contributed by atoms with E-state index < -0.39 is 0 Å². The van der Waals surface area contributed by atoms with Gasteiger partial charge in [-0.05, 0) is 26.7 Å². The molecule has 0 radical (unpaired) electrons. The molecule has 1 saturated carbocycles. The first-order valence-electron chi connectivity index (χ1n) is 9.43. The summed E-state index contributed by atoms with van der Waals surface area (Å²) < 4.78 is 5.18. The van der Waals surface area contributed by atoms with Crippen LogP contribution < -0.4 is 0 Å². The SMILES string of the molecule is Cc1noc(C)c1CN(C)C(=O)C1CC(=O)N(C2CCCCCC2)C1. The smallest absolute Gasteiger partial charge is 0.228 e. The van der Waals surface area contributed by atoms with Crippen LogP contribution in [0.1, 0.15) is 62.0 Å². The van der Waals surface area contributed by atoms with E-state index in [1.54, 1.807) is 11.9 Å². The van der Waals surface area contributed by atoms with Crippen LogP contribution in [0.25, 0.3) is 0 Å². The van der Waals surface area contributed by atoms with Crippen molar-refractivity contribution in [2.45, 2.75) is 71.4 Å². The van der Waals surface area contributed by atoms with E-state index >= 15 is 0 Å². The lowest BCUT2D eigenvalue weighted by Gasteiger charge is -2.27. The van der Waals surface area contributed by atoms with E-state index in [2.05, 4.69) is 5.16 Å². The van der Waals surface area contributed by atoms with Crippen molar-refractivity contribution in [1.82, 2.24) is 15.0 Å². The summed E-state index contributed by atoms with van der Waals surface area (Å²) in [6, 6.07) is 0.334. The Balaban J connectivity index is 1.61. The highest BCUT2D eigenvalue weighted by molar-refractivity contribution is 5.89. The van der Waals surface area contributed by atoms with Crippen LogP contribution in [0.4, 0.5) is 0 Å². The molecule has 1 atom stereocenters. The third-order valence-electron chi connectivity index (χ3n) is 5.73. The van der Waals surface area contributed by atoms with E-state index in [4.69, 9.17) is 4.52 Å². The molecule has 2 aliphatic rings. The third kappa shape index (κ3) is 3.88. The standard InChI is InChI=1S/C19H29N3O3/c1-13-17(14(2)25-20-13)12-21(3)19(24)15-10-18(23)22(11-15)16-8-6-4-5-7-9-16/h15-16H,4-12H2,1-3H3. The van der Waals surface area contributed by atoms with Gasteiger partial charge in [0.05, 0.1) is 18.2 Å². The van der Waals surface area contributed by atoms with Crippen molar-refractivity contribution in [3.8, 4) is 0 Å². The van der Waals surface area contributed by atoms with E-state index in [1.807, 2.05) is 18.7 Å². The van der Waals surface area contributed by atoms with Crippen molar-refractivity contribution in [1.29, 1.82) is 0 Å². The van der Waals surface area contributed by atoms with Gasteiger partial charge in [-0.2, -0.15) is 0 Å². The van der Waals surface area contributed by atoms with E-state index in [0.717, 1.165) is 29.9 Å². The Kier molecular flexibility index (Phi) is 5.45. The van der Waals surface area contributed by atoms with Crippen LogP contribution in [0.15, 0.2) is 4.52 Å². The predicted octanol–water partition coefficient (Wildman–Crippen LogP) is 2.82. The number of aromatic nitrogens is 1. The maximum Gasteiger partial charge on any atom is 0.228 e. The minimum absolute atomic E-state index is 0.0458. The molecule has 6 heteroatoms. The second-order valence-electron chi connectivity index (χ2n) is 7.59. The van der Waals surface area contributed by atoms with Gasteiger partial charge in [-0.25, -0.2) is 0 Å². The van der Waals surface area contributed by atoms with Crippen molar-refractivity contribution in [3.05, 3.63) is 17.0 Å². The molecule has 1 unspecified atom stereocenters. The quantitative estimate of drug-likeness (QED) is 0.786. The lowest BCUT2D eigenvalue weighted by Crippen LogP contribution is -2.38. The van der Waals surface area contributed by atoms with Crippen molar-refractivity contribution < 1.29 is 14.1 Å². The number of likely N-dealkylation sites (tertiary alicyclic amines) is 1. The average molecular weight is 347 g/mol. The third-order valence-corrected chi connectivity index (χ3v) is 5.73. The normalized spacial score (nSPS) is 22.3. The molecule has 1 aliphatic carbocycles. The predicted molar refractivity (Wildman–Crippen MR) is 93.8 cm³/mol. The number of carbonyl (C=O) groups is 2. The van der Waals surface area contributed by atoms with Gasteiger partial charge in [0.15, 0.2) is 0 Å². The molecule has 138 valence electrons. The Morgan fingerprint density at radius 1 is 1.24 bits per heavy atom. The first-order valence-corrected chi connectivity index (χ1v) is 9.43. The molecular weight excluding hydrogens is 318 g/mol. The number of carbonyl (C=O) groups excluding carboxylic acids is 2. The molecule has 2 amide bonds. The summed E-state index contributed by atoms with van der Waals surface area (Å²) in [5.74, 6) is 0.724. The number of amides is 2. The van der Waals surface area contributed by atoms with E-state index in [-0.39, 0.29) is 17.7 Å². The lowest BCUT2D eigenvalue weighted by molar-refractivity contribution is -0.135. The van der Waals surface area contributed by atoms with Crippen molar-refractivity contribution >= 4 is 11.8 Å². The lowest BCUT2D eigenvalue weighted by atomic mass is 10.1. The minimum atomic E-state index is -0.221. The Hall–Kier alpha value is -1.85. The summed E-state index contributed by atoms with van der Waals surface area (Å²) in [7, 11) is 1.80. The van der Waals surface area contributed by atoms with Crippen LogP contribution >= 0.6 is 0 Å². The molecule has 0 N–H and O–H groups in total. The monoisotopic (exact) mass is 347 g/mol. The topological polar surface area (TPSA) is 66.7 Å². The van der Waals surface area contributed by atoms with Crippen LogP contribution in [-0.4, -0.2) is 46.4 Å². The molecular formula is C19H29N3O3. The molecule has 1 aromatic rings. The van der Waals surface area contributed by atoms with Crippen molar-refractivity contribution in [3.63, 3.8) is 0 Å². The Morgan fingerprint density at radius 2 is 1.92 bits per heavy atom. The molecule has 1 aromatic heterocycles. The van der Waals surface area contributed by atoms with Crippen LogP contribution in [0.3, 0.4) is 0 Å². The molecule has 1 aliphatic heterocycles. The maximum atomic E-state index is 12.8. The highest BCUT2D eigenvalue weighted by Gasteiger charge is 2.39. The number of hydrogen-bond acceptors (Lipinski definition) is 4. The average Bonchev–Trinajstić information content (AvgIpc) is 2.99. The molecule has 0 aromatic carbocycles. The number of rotatable bonds is 4. The Bertz CT molecular complexity index is 612. The van der Waals surface area contributed by atoms with Crippen LogP contribution in [0.5, 0.6) is 0 Å². The fraction of sp³-hybridized carbons (Fsp3) is 0.737. The highest BCUT2D eigenvalue weighted by atomic mass is 16.5. The summed E-state index contributed by atoms with van der Waals surface area (Å²) in [5.41, 5.74) is 1.78. The minimum Gasteiger partial charge on any atom is -0.361 e. The summed E-state index contributed by atoms with van der Waals surface area (Å²) >= 11 is 0. The fourth-order valence-electron chi connectivity index (χ4n) is 4.17. The zero-order valence-electron chi connectivity index (χ0n) is 15.6. The van der Waals surface area contributed by atoms with E-state index in [0.29, 0.717) is 25.6 Å². The molecule has 2 fully saturated rings. The van der Waals surface area contributed by atoms with E-state index in [9.17, 15) is 9.59 Å². The summed E-state index contributed by atoms with van der Waals surface area (Å²) in [5, 5.41) is 3.94. The zero-order valence-corrected chi connectivity index (χ0v) is 15.6. The maximum absolute atomic E-state index is 12.8. The summed E-state index contributed by atoms with van der Waals surface area (Å²) in [6.07, 6.45) is 7.44. The van der Waals surface area contributed by atoms with Gasteiger partial charge in [0.25, 0.3) is 0 Å². The van der Waals surface area contributed by atoms with Gasteiger partial charge in [0.2, 0.25) is 11.8 Å². The zero-order chi connectivity index (χ0) is 18.0. The van der Waals surface area contributed by atoms with Gasteiger partial charge in [-0.15, -0.1) is 0 Å². The van der Waals surface area contributed by atoms with Gasteiger partial charge in [-0.3, -0.25) is 9.59 Å². The summed E-state index contributed by atoms with van der Waals surface area (Å²) in [4.78, 5) is 29.0. The number of aryl methyl sites for hydroxylation is 2. The molecule has 0 spiro atoms. The first kappa shape index (κ1) is 18.0. The molecule has 1 saturated heterocycles. The van der Waals surface area contributed by atoms with Crippen molar-refractivity contribution in [2.75, 3.05) is 13.6 Å². The molecule has 3 rings (SSSR count). The fourth-order valence-corrected chi connectivity index (χ4v) is 4.17. The van der Waals surface area contributed by atoms with Crippen LogP contribution in [0, 0.1) is 19.8 Å². The molecule has 6 nitrogen and oxygen atoms in total. The number of nitrogens with zero attached hydrogens (tertiary/aromatic N) is 3. The second-order valence-corrected chi connectivity index (χ2v) is 7.59. The van der Waals surface area contributed by atoms with Gasteiger partial charge in [0.1, 0.15) is 5.76 Å². The van der Waals surface area contributed by atoms with Crippen molar-refractivity contribution in [2.24, 2.45) is 5.92 Å². The second kappa shape index (κ2) is 7.58. The first-order chi connectivity index (χ1) is 12.0. The molecule has 2 heterocycles. The Morgan fingerprint density at radius 3 is 2.52 bits per heavy atom. The van der Waals surface area contributed by atoms with E-state index in [1.165, 1.54) is 25.7 Å². The van der Waals surface area contributed by atoms with Gasteiger partial charge >= 0.3 is 0 Å². The molecule has 25 heavy (non-hydrogen) atoms. The van der Waals surface area contributed by atoms with Crippen LogP contribution in [-0.2, 0) is 16.1 Å². The molecule has 0 bridgehead atoms. The van der Waals surface area contributed by atoms with Gasteiger partial charge in [-0.1, -0.05) is 30.8 Å². The van der Waals surface area contributed by atoms with Gasteiger partial charge < -0.3 is 14.3 Å². The highest BCUT2D eigenvalue weighted by Crippen LogP contribution is 2.29. The van der Waals surface area contributed by atoms with Gasteiger partial charge in [0, 0.05) is 31.6 Å². The number of hydrogen-bond donors (Lipinski definition) is 0.